The van der Waals surface area contributed by atoms with Crippen molar-refractivity contribution in [3.05, 3.63) is 35.9 Å². The Morgan fingerprint density at radius 1 is 1.12 bits per heavy atom. The molecule has 0 bridgehead atoms. The van der Waals surface area contributed by atoms with Crippen LogP contribution < -0.4 is 0 Å². The van der Waals surface area contributed by atoms with E-state index in [-0.39, 0.29) is 6.10 Å². The van der Waals surface area contributed by atoms with E-state index < -0.39 is 0 Å². The monoisotopic (exact) mass is 220 g/mol. The molecule has 0 saturated carbocycles. The molecule has 0 heterocycles. The maximum atomic E-state index is 10.1. The maximum Gasteiger partial charge on any atom is 0.0792 e. The van der Waals surface area contributed by atoms with Gasteiger partial charge in [0, 0.05) is 0 Å². The van der Waals surface area contributed by atoms with Crippen LogP contribution in [0.25, 0.3) is 0 Å². The van der Waals surface area contributed by atoms with Crippen LogP contribution in [-0.2, 0) is 0 Å². The molecule has 0 fully saturated rings. The van der Waals surface area contributed by atoms with Crippen LogP contribution >= 0.6 is 0 Å². The first-order valence-corrected chi connectivity index (χ1v) is 6.50. The van der Waals surface area contributed by atoms with Gasteiger partial charge in [0.05, 0.1) is 6.10 Å². The predicted molar refractivity (Wildman–Crippen MR) is 69.3 cm³/mol. The second-order valence-electron chi connectivity index (χ2n) is 4.58. The Morgan fingerprint density at radius 2 is 1.81 bits per heavy atom. The lowest BCUT2D eigenvalue weighted by Crippen LogP contribution is -2.06. The Labute approximate surface area is 99.5 Å². The second kappa shape index (κ2) is 7.45. The van der Waals surface area contributed by atoms with Crippen LogP contribution in [0.5, 0.6) is 0 Å². The number of rotatable bonds is 7. The standard InChI is InChI=1S/C15H24O/c1-3-5-9-13(4-2)12-15(16)14-10-7-6-8-11-14/h6-8,10-11,13,15-16H,3-5,9,12H2,1-2H3. The van der Waals surface area contributed by atoms with Crippen molar-refractivity contribution >= 4 is 0 Å². The van der Waals surface area contributed by atoms with E-state index in [4.69, 9.17) is 0 Å². The van der Waals surface area contributed by atoms with Crippen molar-refractivity contribution in [3.63, 3.8) is 0 Å². The van der Waals surface area contributed by atoms with E-state index in [0.717, 1.165) is 12.0 Å². The minimum atomic E-state index is -0.289. The number of benzene rings is 1. The summed E-state index contributed by atoms with van der Waals surface area (Å²) in [5.41, 5.74) is 1.05. The van der Waals surface area contributed by atoms with Crippen LogP contribution in [-0.4, -0.2) is 5.11 Å². The summed E-state index contributed by atoms with van der Waals surface area (Å²) in [6.45, 7) is 4.44. The Hall–Kier alpha value is -0.820. The lowest BCUT2D eigenvalue weighted by molar-refractivity contribution is 0.139. The molecule has 1 heteroatoms. The van der Waals surface area contributed by atoms with E-state index in [9.17, 15) is 5.11 Å². The van der Waals surface area contributed by atoms with Crippen LogP contribution in [0, 0.1) is 5.92 Å². The van der Waals surface area contributed by atoms with E-state index in [0.29, 0.717) is 5.92 Å². The molecule has 0 aromatic heterocycles. The summed E-state index contributed by atoms with van der Waals surface area (Å²) in [5.74, 6) is 0.662. The van der Waals surface area contributed by atoms with Crippen molar-refractivity contribution in [1.82, 2.24) is 0 Å². The smallest absolute Gasteiger partial charge is 0.0792 e. The molecule has 90 valence electrons. The number of aliphatic hydroxyl groups is 1. The third kappa shape index (κ3) is 4.36. The summed E-state index contributed by atoms with van der Waals surface area (Å²) in [6, 6.07) is 10.00. The van der Waals surface area contributed by atoms with Crippen LogP contribution in [0.3, 0.4) is 0 Å². The first kappa shape index (κ1) is 13.2. The minimum Gasteiger partial charge on any atom is -0.388 e. The van der Waals surface area contributed by atoms with E-state index in [1.54, 1.807) is 0 Å². The van der Waals surface area contributed by atoms with E-state index in [2.05, 4.69) is 13.8 Å². The van der Waals surface area contributed by atoms with Gasteiger partial charge >= 0.3 is 0 Å². The molecule has 0 radical (unpaired) electrons. The molecule has 1 N–H and O–H groups in total. The van der Waals surface area contributed by atoms with Crippen LogP contribution in [0.2, 0.25) is 0 Å². The van der Waals surface area contributed by atoms with Crippen LogP contribution in [0.4, 0.5) is 0 Å². The highest BCUT2D eigenvalue weighted by molar-refractivity contribution is 5.17. The van der Waals surface area contributed by atoms with E-state index in [1.165, 1.54) is 25.7 Å². The molecule has 1 nitrogen and oxygen atoms in total. The van der Waals surface area contributed by atoms with Gasteiger partial charge in [0.15, 0.2) is 0 Å². The minimum absolute atomic E-state index is 0.289. The van der Waals surface area contributed by atoms with Crippen molar-refractivity contribution in [2.24, 2.45) is 5.92 Å². The molecule has 0 saturated heterocycles. The highest BCUT2D eigenvalue weighted by atomic mass is 16.3. The van der Waals surface area contributed by atoms with Crippen molar-refractivity contribution in [3.8, 4) is 0 Å². The van der Waals surface area contributed by atoms with Crippen molar-refractivity contribution in [1.29, 1.82) is 0 Å². The number of aliphatic hydroxyl groups excluding tert-OH is 1. The molecule has 0 spiro atoms. The van der Waals surface area contributed by atoms with Gasteiger partial charge in [-0.3, -0.25) is 0 Å². The predicted octanol–water partition coefficient (Wildman–Crippen LogP) is 4.33. The SMILES string of the molecule is CCCCC(CC)CC(O)c1ccccc1. The Balaban J connectivity index is 2.45. The normalized spacial score (nSPS) is 14.7. The van der Waals surface area contributed by atoms with Crippen molar-refractivity contribution < 1.29 is 5.11 Å². The number of hydrogen-bond donors (Lipinski definition) is 1. The first-order valence-electron chi connectivity index (χ1n) is 6.50. The molecule has 2 unspecified atom stereocenters. The average Bonchev–Trinajstić information content (AvgIpc) is 2.35. The molecule has 0 aliphatic carbocycles. The number of hydrogen-bond acceptors (Lipinski definition) is 1. The molecular formula is C15H24O. The lowest BCUT2D eigenvalue weighted by atomic mass is 9.91. The third-order valence-electron chi connectivity index (χ3n) is 3.28. The molecule has 0 aliphatic heterocycles. The zero-order valence-electron chi connectivity index (χ0n) is 10.5. The summed E-state index contributed by atoms with van der Waals surface area (Å²) < 4.78 is 0. The fourth-order valence-corrected chi connectivity index (χ4v) is 2.11. The van der Waals surface area contributed by atoms with Gasteiger partial charge in [0.1, 0.15) is 0 Å². The highest BCUT2D eigenvalue weighted by Crippen LogP contribution is 2.26. The summed E-state index contributed by atoms with van der Waals surface area (Å²) in [6.07, 6.45) is 5.56. The summed E-state index contributed by atoms with van der Waals surface area (Å²) in [7, 11) is 0. The summed E-state index contributed by atoms with van der Waals surface area (Å²) in [4.78, 5) is 0. The average molecular weight is 220 g/mol. The van der Waals surface area contributed by atoms with Crippen LogP contribution in [0.1, 0.15) is 57.6 Å². The molecule has 0 amide bonds. The fourth-order valence-electron chi connectivity index (χ4n) is 2.11. The van der Waals surface area contributed by atoms with E-state index >= 15 is 0 Å². The molecule has 2 atom stereocenters. The fraction of sp³-hybridized carbons (Fsp3) is 0.600. The lowest BCUT2D eigenvalue weighted by Gasteiger charge is -2.19. The molecular weight excluding hydrogens is 196 g/mol. The quantitative estimate of drug-likeness (QED) is 0.725. The molecule has 16 heavy (non-hydrogen) atoms. The van der Waals surface area contributed by atoms with Crippen molar-refractivity contribution in [2.75, 3.05) is 0 Å². The van der Waals surface area contributed by atoms with Crippen LogP contribution in [0.15, 0.2) is 30.3 Å². The van der Waals surface area contributed by atoms with Gasteiger partial charge in [-0.05, 0) is 17.9 Å². The maximum absolute atomic E-state index is 10.1. The second-order valence-corrected chi connectivity index (χ2v) is 4.58. The number of unbranched alkanes of at least 4 members (excludes halogenated alkanes) is 1. The highest BCUT2D eigenvalue weighted by Gasteiger charge is 2.13. The Bertz CT molecular complexity index is 268. The summed E-state index contributed by atoms with van der Waals surface area (Å²) in [5, 5.41) is 10.1. The van der Waals surface area contributed by atoms with Crippen molar-refractivity contribution in [2.45, 2.75) is 52.1 Å². The molecule has 0 aliphatic rings. The van der Waals surface area contributed by atoms with Gasteiger partial charge in [-0.2, -0.15) is 0 Å². The largest absolute Gasteiger partial charge is 0.388 e. The summed E-state index contributed by atoms with van der Waals surface area (Å²) >= 11 is 0. The van der Waals surface area contributed by atoms with Gasteiger partial charge in [0.2, 0.25) is 0 Å². The Morgan fingerprint density at radius 3 is 2.38 bits per heavy atom. The topological polar surface area (TPSA) is 20.2 Å². The molecule has 1 rings (SSSR count). The van der Waals surface area contributed by atoms with Gasteiger partial charge < -0.3 is 5.11 Å². The third-order valence-corrected chi connectivity index (χ3v) is 3.28. The van der Waals surface area contributed by atoms with Gasteiger partial charge in [0.25, 0.3) is 0 Å². The zero-order chi connectivity index (χ0) is 11.8. The Kier molecular flexibility index (Phi) is 6.17. The van der Waals surface area contributed by atoms with Gasteiger partial charge in [-0.25, -0.2) is 0 Å². The molecule has 1 aromatic carbocycles. The zero-order valence-corrected chi connectivity index (χ0v) is 10.5. The van der Waals surface area contributed by atoms with Gasteiger partial charge in [-0.15, -0.1) is 0 Å². The molecule has 1 aromatic rings. The van der Waals surface area contributed by atoms with E-state index in [1.807, 2.05) is 30.3 Å². The van der Waals surface area contributed by atoms with Gasteiger partial charge in [-0.1, -0.05) is 69.9 Å². The first-order chi connectivity index (χ1) is 7.77.